The number of benzene rings is 1. The van der Waals surface area contributed by atoms with E-state index in [1.54, 1.807) is 26.8 Å². The van der Waals surface area contributed by atoms with Gasteiger partial charge in [0.15, 0.2) is 5.78 Å². The molecule has 5 heteroatoms. The summed E-state index contributed by atoms with van der Waals surface area (Å²) in [6.07, 6.45) is -0.472. The molecule has 0 aliphatic heterocycles. The average Bonchev–Trinajstić information content (AvgIpc) is 2.31. The van der Waals surface area contributed by atoms with Crippen molar-refractivity contribution in [2.75, 3.05) is 13.2 Å². The third-order valence-corrected chi connectivity index (χ3v) is 2.50. The second-order valence-electron chi connectivity index (χ2n) is 5.87. The number of rotatable bonds is 5. The van der Waals surface area contributed by atoms with E-state index < -0.39 is 11.7 Å². The molecule has 0 unspecified atom stereocenters. The summed E-state index contributed by atoms with van der Waals surface area (Å²) < 4.78 is 10.6. The van der Waals surface area contributed by atoms with Crippen LogP contribution in [0, 0.1) is 6.92 Å². The first-order valence-corrected chi connectivity index (χ1v) is 6.89. The number of nitrogens with one attached hydrogen (secondary N) is 1. The maximum atomic E-state index is 11.4. The second kappa shape index (κ2) is 7.11. The highest BCUT2D eigenvalue weighted by Gasteiger charge is 2.15. The number of ketones is 1. The molecule has 0 radical (unpaired) electrons. The Morgan fingerprint density at radius 1 is 1.19 bits per heavy atom. The molecule has 1 aromatic rings. The SMILES string of the molecule is CC(=O)c1cc(C)cc(OCCNC(=O)OC(C)(C)C)c1. The van der Waals surface area contributed by atoms with Gasteiger partial charge in [-0.3, -0.25) is 4.79 Å². The van der Waals surface area contributed by atoms with Gasteiger partial charge in [0.25, 0.3) is 0 Å². The Hall–Kier alpha value is -2.04. The number of hydrogen-bond donors (Lipinski definition) is 1. The van der Waals surface area contributed by atoms with E-state index in [4.69, 9.17) is 9.47 Å². The van der Waals surface area contributed by atoms with Crippen molar-refractivity contribution in [1.29, 1.82) is 0 Å². The van der Waals surface area contributed by atoms with Gasteiger partial charge in [0, 0.05) is 5.56 Å². The largest absolute Gasteiger partial charge is 0.492 e. The lowest BCUT2D eigenvalue weighted by atomic mass is 10.1. The molecule has 0 spiro atoms. The number of aryl methyl sites for hydroxylation is 1. The highest BCUT2D eigenvalue weighted by Crippen LogP contribution is 2.17. The molecule has 1 aromatic carbocycles. The first kappa shape index (κ1) is 17.0. The van der Waals surface area contributed by atoms with Gasteiger partial charge in [0.1, 0.15) is 18.0 Å². The van der Waals surface area contributed by atoms with Gasteiger partial charge in [-0.25, -0.2) is 4.79 Å². The Morgan fingerprint density at radius 2 is 1.86 bits per heavy atom. The third-order valence-electron chi connectivity index (χ3n) is 2.50. The predicted octanol–water partition coefficient (Wildman–Crippen LogP) is 3.10. The zero-order valence-corrected chi connectivity index (χ0v) is 13.3. The van der Waals surface area contributed by atoms with E-state index in [2.05, 4.69) is 5.32 Å². The van der Waals surface area contributed by atoms with Gasteiger partial charge in [0.2, 0.25) is 0 Å². The van der Waals surface area contributed by atoms with Crippen LogP contribution in [0.3, 0.4) is 0 Å². The Labute approximate surface area is 125 Å². The summed E-state index contributed by atoms with van der Waals surface area (Å²) in [6.45, 7) is 9.47. The van der Waals surface area contributed by atoms with Crippen molar-refractivity contribution in [3.63, 3.8) is 0 Å². The fourth-order valence-corrected chi connectivity index (χ4v) is 1.67. The molecular weight excluding hydrogens is 270 g/mol. The molecule has 0 atom stereocenters. The fourth-order valence-electron chi connectivity index (χ4n) is 1.67. The van der Waals surface area contributed by atoms with Crippen LogP contribution in [0.2, 0.25) is 0 Å². The number of Topliss-reactive ketones (excluding diaryl/α,β-unsaturated/α-hetero) is 1. The highest BCUT2D eigenvalue weighted by atomic mass is 16.6. The minimum Gasteiger partial charge on any atom is -0.492 e. The number of carbonyl (C=O) groups is 2. The molecule has 21 heavy (non-hydrogen) atoms. The van der Waals surface area contributed by atoms with Crippen LogP contribution in [0.5, 0.6) is 5.75 Å². The smallest absolute Gasteiger partial charge is 0.407 e. The summed E-state index contributed by atoms with van der Waals surface area (Å²) >= 11 is 0. The summed E-state index contributed by atoms with van der Waals surface area (Å²) in [5.74, 6) is 0.613. The van der Waals surface area contributed by atoms with Gasteiger partial charge in [-0.2, -0.15) is 0 Å². The van der Waals surface area contributed by atoms with Crippen LogP contribution in [0.4, 0.5) is 4.79 Å². The molecular formula is C16H23NO4. The summed E-state index contributed by atoms with van der Waals surface area (Å²) in [5, 5.41) is 2.61. The fraction of sp³-hybridized carbons (Fsp3) is 0.500. The third kappa shape index (κ3) is 6.79. The quantitative estimate of drug-likeness (QED) is 0.669. The van der Waals surface area contributed by atoms with Crippen LogP contribution < -0.4 is 10.1 Å². The summed E-state index contributed by atoms with van der Waals surface area (Å²) in [7, 11) is 0. The van der Waals surface area contributed by atoms with Gasteiger partial charge in [-0.05, 0) is 58.4 Å². The van der Waals surface area contributed by atoms with Crippen molar-refractivity contribution in [2.45, 2.75) is 40.2 Å². The Morgan fingerprint density at radius 3 is 2.43 bits per heavy atom. The number of carbonyl (C=O) groups excluding carboxylic acids is 2. The molecule has 0 aromatic heterocycles. The molecule has 5 nitrogen and oxygen atoms in total. The van der Waals surface area contributed by atoms with Crippen molar-refractivity contribution < 1.29 is 19.1 Å². The second-order valence-corrected chi connectivity index (χ2v) is 5.87. The predicted molar refractivity (Wildman–Crippen MR) is 80.9 cm³/mol. The van der Waals surface area contributed by atoms with E-state index in [-0.39, 0.29) is 5.78 Å². The molecule has 0 saturated carbocycles. The first-order chi connectivity index (χ1) is 9.67. The highest BCUT2D eigenvalue weighted by molar-refractivity contribution is 5.94. The summed E-state index contributed by atoms with van der Waals surface area (Å²) in [4.78, 5) is 22.8. The van der Waals surface area contributed by atoms with E-state index in [0.717, 1.165) is 5.56 Å². The van der Waals surface area contributed by atoms with Gasteiger partial charge in [-0.15, -0.1) is 0 Å². The zero-order chi connectivity index (χ0) is 16.0. The monoisotopic (exact) mass is 293 g/mol. The zero-order valence-electron chi connectivity index (χ0n) is 13.3. The Balaban J connectivity index is 2.43. The number of ether oxygens (including phenoxy) is 2. The minimum absolute atomic E-state index is 0.00423. The standard InChI is InChI=1S/C16H23NO4/c1-11-8-13(12(2)18)10-14(9-11)20-7-6-17-15(19)21-16(3,4)5/h8-10H,6-7H2,1-5H3,(H,17,19). The van der Waals surface area contributed by atoms with Gasteiger partial charge in [-0.1, -0.05) is 0 Å². The molecule has 0 bridgehead atoms. The van der Waals surface area contributed by atoms with Gasteiger partial charge < -0.3 is 14.8 Å². The van der Waals surface area contributed by atoms with Crippen molar-refractivity contribution >= 4 is 11.9 Å². The van der Waals surface area contributed by atoms with Crippen molar-refractivity contribution in [3.05, 3.63) is 29.3 Å². The van der Waals surface area contributed by atoms with Crippen LogP contribution in [-0.2, 0) is 4.74 Å². The van der Waals surface area contributed by atoms with Crippen LogP contribution in [0.1, 0.15) is 43.6 Å². The molecule has 1 N–H and O–H groups in total. The molecule has 1 amide bonds. The van der Waals surface area contributed by atoms with Crippen molar-refractivity contribution in [1.82, 2.24) is 5.32 Å². The molecule has 116 valence electrons. The number of hydrogen-bond acceptors (Lipinski definition) is 4. The van der Waals surface area contributed by atoms with E-state index in [1.165, 1.54) is 6.92 Å². The van der Waals surface area contributed by atoms with E-state index in [0.29, 0.717) is 24.5 Å². The summed E-state index contributed by atoms with van der Waals surface area (Å²) in [5.41, 5.74) is 1.06. The van der Waals surface area contributed by atoms with Crippen LogP contribution >= 0.6 is 0 Å². The molecule has 0 heterocycles. The molecule has 0 aliphatic carbocycles. The van der Waals surface area contributed by atoms with Crippen LogP contribution in [-0.4, -0.2) is 30.6 Å². The molecule has 0 saturated heterocycles. The molecule has 0 fully saturated rings. The lowest BCUT2D eigenvalue weighted by Gasteiger charge is -2.19. The normalized spacial score (nSPS) is 10.9. The van der Waals surface area contributed by atoms with Crippen LogP contribution in [0.25, 0.3) is 0 Å². The average molecular weight is 293 g/mol. The first-order valence-electron chi connectivity index (χ1n) is 6.89. The topological polar surface area (TPSA) is 64.6 Å². The molecule has 1 rings (SSSR count). The Kier molecular flexibility index (Phi) is 5.76. The number of alkyl carbamates (subject to hydrolysis) is 1. The van der Waals surface area contributed by atoms with Crippen molar-refractivity contribution in [2.24, 2.45) is 0 Å². The maximum absolute atomic E-state index is 11.4. The minimum atomic E-state index is -0.516. The number of amides is 1. The van der Waals surface area contributed by atoms with Gasteiger partial charge in [0.05, 0.1) is 6.54 Å². The van der Waals surface area contributed by atoms with Crippen LogP contribution in [0.15, 0.2) is 18.2 Å². The molecule has 0 aliphatic rings. The Bertz CT molecular complexity index is 517. The van der Waals surface area contributed by atoms with Gasteiger partial charge >= 0.3 is 6.09 Å². The van der Waals surface area contributed by atoms with Crippen molar-refractivity contribution in [3.8, 4) is 5.75 Å². The lowest BCUT2D eigenvalue weighted by Crippen LogP contribution is -2.34. The van der Waals surface area contributed by atoms with E-state index in [9.17, 15) is 9.59 Å². The van der Waals surface area contributed by atoms with E-state index in [1.807, 2.05) is 19.1 Å². The maximum Gasteiger partial charge on any atom is 0.407 e. The lowest BCUT2D eigenvalue weighted by molar-refractivity contribution is 0.0520. The van der Waals surface area contributed by atoms with E-state index >= 15 is 0 Å². The summed E-state index contributed by atoms with van der Waals surface area (Å²) in [6, 6.07) is 5.36.